The SMILES string of the molecule is CCN1CCC(N=c2cc(Nc3cccc(Cl)c3)nc3c(=Cc4[nH]c(=O)[nH]c4O)cnn23)CC1.O=c1[nH]c(O)c(C=c2cnn3c(=NC4CCNCC4)cc(Nc4cccc(Cl)c4)nc23)[nH]1. The number of likely N-dealkylation sites (tertiary alicyclic amines) is 1. The monoisotopic (exact) mass is 932 g/mol. The van der Waals surface area contributed by atoms with E-state index in [0.717, 1.165) is 69.8 Å². The first kappa shape index (κ1) is 44.0. The normalized spacial score (nSPS) is 16.3. The number of aromatic hydroxyl groups is 2. The highest BCUT2D eigenvalue weighted by Gasteiger charge is 2.18. The van der Waals surface area contributed by atoms with E-state index in [1.807, 2.05) is 48.5 Å². The molecule has 0 atom stereocenters. The summed E-state index contributed by atoms with van der Waals surface area (Å²) >= 11 is 12.3. The van der Waals surface area contributed by atoms with Crippen LogP contribution >= 0.6 is 23.2 Å². The molecule has 0 amide bonds. The Labute approximate surface area is 384 Å². The Morgan fingerprint density at radius 2 is 1.17 bits per heavy atom. The zero-order valence-electron chi connectivity index (χ0n) is 35.6. The number of fused-ring (bicyclic) bond motifs is 2. The lowest BCUT2D eigenvalue weighted by atomic mass is 10.1. The summed E-state index contributed by atoms with van der Waals surface area (Å²) in [6.45, 7) is 7.11. The van der Waals surface area contributed by atoms with E-state index in [0.29, 0.717) is 54.4 Å². The summed E-state index contributed by atoms with van der Waals surface area (Å²) in [6.07, 6.45) is 10.3. The van der Waals surface area contributed by atoms with Crippen molar-refractivity contribution >= 4 is 69.7 Å². The van der Waals surface area contributed by atoms with Crippen LogP contribution in [0.4, 0.5) is 23.0 Å². The maximum atomic E-state index is 11.5. The molecule has 0 unspecified atom stereocenters. The molecule has 6 aromatic heterocycles. The van der Waals surface area contributed by atoms with E-state index < -0.39 is 11.4 Å². The number of rotatable bonds is 9. The molecule has 20 nitrogen and oxygen atoms in total. The van der Waals surface area contributed by atoms with Gasteiger partial charge >= 0.3 is 11.4 Å². The zero-order chi connectivity index (χ0) is 45.7. The first-order chi connectivity index (χ1) is 32.0. The first-order valence-corrected chi connectivity index (χ1v) is 22.2. The summed E-state index contributed by atoms with van der Waals surface area (Å²) in [5.74, 6) is 0.670. The molecule has 0 radical (unpaired) electrons. The van der Waals surface area contributed by atoms with Crippen LogP contribution in [-0.2, 0) is 0 Å². The molecule has 0 bridgehead atoms. The molecular formula is C44H46Cl2N16O4. The average Bonchev–Trinajstić information content (AvgIpc) is 4.07. The Balaban J connectivity index is 0.000000166. The minimum absolute atomic E-state index is 0.183. The minimum Gasteiger partial charge on any atom is -0.493 e. The largest absolute Gasteiger partial charge is 0.493 e. The van der Waals surface area contributed by atoms with Gasteiger partial charge in [-0.1, -0.05) is 42.3 Å². The molecule has 2 saturated heterocycles. The van der Waals surface area contributed by atoms with Gasteiger partial charge < -0.3 is 41.0 Å². The number of benzene rings is 2. The molecule has 340 valence electrons. The molecule has 22 heteroatoms. The number of imidazole rings is 2. The highest BCUT2D eigenvalue weighted by Crippen LogP contribution is 2.21. The van der Waals surface area contributed by atoms with Crippen molar-refractivity contribution < 1.29 is 10.2 Å². The van der Waals surface area contributed by atoms with Crippen molar-refractivity contribution in [2.24, 2.45) is 9.98 Å². The lowest BCUT2D eigenvalue weighted by Gasteiger charge is -2.28. The van der Waals surface area contributed by atoms with Gasteiger partial charge in [-0.2, -0.15) is 19.2 Å². The van der Waals surface area contributed by atoms with Crippen LogP contribution < -0.4 is 48.7 Å². The van der Waals surface area contributed by atoms with Crippen molar-refractivity contribution in [2.45, 2.75) is 44.7 Å². The van der Waals surface area contributed by atoms with Crippen molar-refractivity contribution in [1.29, 1.82) is 0 Å². The van der Waals surface area contributed by atoms with Gasteiger partial charge in [-0.05, 0) is 93.9 Å². The van der Waals surface area contributed by atoms with E-state index in [2.05, 4.69) is 57.9 Å². The highest BCUT2D eigenvalue weighted by atomic mass is 35.5. The quantitative estimate of drug-likeness (QED) is 0.101. The summed E-state index contributed by atoms with van der Waals surface area (Å²) in [7, 11) is 0. The second-order valence-corrected chi connectivity index (χ2v) is 16.7. The van der Waals surface area contributed by atoms with Gasteiger partial charge in [-0.3, -0.25) is 20.0 Å². The van der Waals surface area contributed by atoms with Gasteiger partial charge in [0.25, 0.3) is 0 Å². The number of H-pyrrole nitrogens is 4. The number of aromatic nitrogens is 10. The Bertz CT molecular complexity index is 3400. The van der Waals surface area contributed by atoms with Gasteiger partial charge in [0.1, 0.15) is 23.0 Å². The minimum atomic E-state index is -0.497. The number of hydrogen-bond acceptors (Lipinski definition) is 14. The molecule has 2 aliphatic rings. The molecular weight excluding hydrogens is 887 g/mol. The number of nitrogens with zero attached hydrogens (tertiary/aromatic N) is 9. The molecule has 2 aliphatic heterocycles. The summed E-state index contributed by atoms with van der Waals surface area (Å²) < 4.78 is 3.35. The van der Waals surface area contributed by atoms with Gasteiger partial charge in [-0.15, -0.1) is 0 Å². The summed E-state index contributed by atoms with van der Waals surface area (Å²) in [6, 6.07) is 18.8. The topological polar surface area (TPSA) is 262 Å². The second kappa shape index (κ2) is 19.5. The van der Waals surface area contributed by atoms with E-state index in [1.165, 1.54) is 0 Å². The molecule has 0 spiro atoms. The number of nitrogens with one attached hydrogen (secondary N) is 7. The molecule has 2 aromatic carbocycles. The average molecular weight is 934 g/mol. The van der Waals surface area contributed by atoms with E-state index in [4.69, 9.17) is 43.2 Å². The zero-order valence-corrected chi connectivity index (χ0v) is 37.1. The first-order valence-electron chi connectivity index (χ1n) is 21.4. The third kappa shape index (κ3) is 10.3. The molecule has 10 rings (SSSR count). The number of aromatic amines is 4. The van der Waals surface area contributed by atoms with Crippen molar-refractivity contribution in [3.8, 4) is 11.8 Å². The smallest absolute Gasteiger partial charge is 0.326 e. The van der Waals surface area contributed by atoms with Crippen molar-refractivity contribution in [3.05, 3.63) is 137 Å². The lowest BCUT2D eigenvalue weighted by Crippen LogP contribution is -2.36. The highest BCUT2D eigenvalue weighted by molar-refractivity contribution is 6.31. The maximum absolute atomic E-state index is 11.5. The van der Waals surface area contributed by atoms with Crippen LogP contribution in [0.5, 0.6) is 11.8 Å². The van der Waals surface area contributed by atoms with Gasteiger partial charge in [-0.25, -0.2) is 19.6 Å². The van der Waals surface area contributed by atoms with E-state index in [-0.39, 0.29) is 35.2 Å². The van der Waals surface area contributed by atoms with Crippen molar-refractivity contribution in [2.75, 3.05) is 43.4 Å². The van der Waals surface area contributed by atoms with Crippen LogP contribution in [0, 0.1) is 0 Å². The number of anilines is 4. The third-order valence-electron chi connectivity index (χ3n) is 11.2. The Morgan fingerprint density at radius 3 is 1.59 bits per heavy atom. The summed E-state index contributed by atoms with van der Waals surface area (Å²) in [4.78, 5) is 54.6. The van der Waals surface area contributed by atoms with Gasteiger partial charge in [0.2, 0.25) is 11.8 Å². The fourth-order valence-electron chi connectivity index (χ4n) is 7.84. The standard InChI is InChI=1S/C23H25ClN8O2.C21H21ClN8O2/c1-2-31-8-6-16(7-9-31)27-20-12-19(26-17-5-3-4-15(24)11-17)29-21-14(13-25-32(20)21)10-18-22(33)30-23(34)28-18;22-13-2-1-3-15(9-13)25-17-10-18(26-14-4-6-23-7-5-14)30-19(28-17)12(11-24-30)8-16-20(31)29-21(32)27-16/h3-5,10-13,16,26,33H,2,6-9H2,1H3,(H2,28,30,34);1-3,8-11,14,23,25,31H,4-7H2,(H2,27,29,32). The van der Waals surface area contributed by atoms with Crippen molar-refractivity contribution in [3.63, 3.8) is 0 Å². The van der Waals surface area contributed by atoms with Crippen LogP contribution in [0.2, 0.25) is 10.0 Å². The molecule has 2 fully saturated rings. The van der Waals surface area contributed by atoms with Crippen LogP contribution in [0.25, 0.3) is 23.4 Å². The lowest BCUT2D eigenvalue weighted by molar-refractivity contribution is 0.222. The summed E-state index contributed by atoms with van der Waals surface area (Å²) in [5, 5.41) is 41.2. The number of piperidine rings is 2. The Hall–Kier alpha value is -7.26. The fourth-order valence-corrected chi connectivity index (χ4v) is 8.22. The van der Waals surface area contributed by atoms with Crippen LogP contribution in [0.1, 0.15) is 44.0 Å². The predicted octanol–water partition coefficient (Wildman–Crippen LogP) is 2.83. The van der Waals surface area contributed by atoms with Crippen LogP contribution in [-0.4, -0.2) is 109 Å². The molecule has 0 aliphatic carbocycles. The van der Waals surface area contributed by atoms with E-state index in [9.17, 15) is 19.8 Å². The number of hydrogen-bond donors (Lipinski definition) is 9. The van der Waals surface area contributed by atoms with Gasteiger partial charge in [0.05, 0.1) is 24.5 Å². The van der Waals surface area contributed by atoms with E-state index >= 15 is 0 Å². The van der Waals surface area contributed by atoms with Crippen molar-refractivity contribution in [1.82, 2.24) is 59.3 Å². The third-order valence-corrected chi connectivity index (χ3v) is 11.6. The molecule has 8 aromatic rings. The maximum Gasteiger partial charge on any atom is 0.326 e. The molecule has 9 N–H and O–H groups in total. The molecule has 66 heavy (non-hydrogen) atoms. The molecule has 0 saturated carbocycles. The van der Waals surface area contributed by atoms with Gasteiger partial charge in [0.15, 0.2) is 22.3 Å². The Kier molecular flexibility index (Phi) is 13.0. The van der Waals surface area contributed by atoms with Gasteiger partial charge in [0, 0.05) is 57.1 Å². The fraction of sp³-hybridized carbons (Fsp3) is 0.273. The second-order valence-electron chi connectivity index (χ2n) is 15.8. The van der Waals surface area contributed by atoms with Crippen LogP contribution in [0.15, 0.2) is 92.6 Å². The van der Waals surface area contributed by atoms with Crippen LogP contribution in [0.3, 0.4) is 0 Å². The predicted molar refractivity (Wildman–Crippen MR) is 251 cm³/mol. The summed E-state index contributed by atoms with van der Waals surface area (Å²) in [5.41, 5.74) is 3.51. The Morgan fingerprint density at radius 1 is 0.697 bits per heavy atom. The number of halogens is 2. The molecule has 8 heterocycles. The van der Waals surface area contributed by atoms with E-state index in [1.54, 1.807) is 45.7 Å².